The molecule has 0 aliphatic carbocycles. The number of pyridine rings is 1. The monoisotopic (exact) mass is 198 g/mol. The minimum absolute atomic E-state index is 0.128. The number of aromatic nitrogens is 1. The summed E-state index contributed by atoms with van der Waals surface area (Å²) < 4.78 is 12.8. The molecule has 0 aliphatic heterocycles. The van der Waals surface area contributed by atoms with Gasteiger partial charge in [0.05, 0.1) is 0 Å². The van der Waals surface area contributed by atoms with Gasteiger partial charge in [0, 0.05) is 6.20 Å². The summed E-state index contributed by atoms with van der Waals surface area (Å²) >= 11 is 0. The highest BCUT2D eigenvalue weighted by Crippen LogP contribution is 2.01. The first kappa shape index (κ1) is 10.1. The Balaban J connectivity index is 2.71. The normalized spacial score (nSPS) is 9.50. The van der Waals surface area contributed by atoms with Crippen LogP contribution in [-0.4, -0.2) is 33.6 Å². The Morgan fingerprint density at radius 3 is 2.71 bits per heavy atom. The zero-order chi connectivity index (χ0) is 10.6. The van der Waals surface area contributed by atoms with Crippen molar-refractivity contribution < 1.29 is 19.2 Å². The molecule has 1 aromatic heterocycles. The van der Waals surface area contributed by atoms with Gasteiger partial charge in [-0.1, -0.05) is 10.5 Å². The van der Waals surface area contributed by atoms with E-state index >= 15 is 0 Å². The van der Waals surface area contributed by atoms with E-state index in [1.165, 1.54) is 18.3 Å². The van der Waals surface area contributed by atoms with Crippen LogP contribution in [0.15, 0.2) is 24.4 Å². The minimum Gasteiger partial charge on any atom is -0.480 e. The molecule has 6 heteroatoms. The maximum Gasteiger partial charge on any atom is 0.326 e. The van der Waals surface area contributed by atoms with E-state index in [9.17, 15) is 14.1 Å². The Bertz CT molecular complexity index is 342. The SMILES string of the molecule is O=C(O)CN(F)C(=O)c1ccccn1. The predicted octanol–water partition coefficient (Wildman–Crippen LogP) is 0.493. The number of hydrogen-bond acceptors (Lipinski definition) is 3. The molecule has 0 radical (unpaired) electrons. The lowest BCUT2D eigenvalue weighted by atomic mass is 10.3. The van der Waals surface area contributed by atoms with Crippen LogP contribution in [0.3, 0.4) is 0 Å². The fraction of sp³-hybridized carbons (Fsp3) is 0.125. The van der Waals surface area contributed by atoms with Crippen LogP contribution in [0, 0.1) is 0 Å². The number of hydrogen-bond donors (Lipinski definition) is 1. The highest BCUT2D eigenvalue weighted by Gasteiger charge is 2.18. The van der Waals surface area contributed by atoms with Gasteiger partial charge in [-0.25, -0.2) is 0 Å². The quantitative estimate of drug-likeness (QED) is 0.717. The summed E-state index contributed by atoms with van der Waals surface area (Å²) in [5.41, 5.74) is -0.128. The number of rotatable bonds is 3. The average molecular weight is 198 g/mol. The van der Waals surface area contributed by atoms with Gasteiger partial charge >= 0.3 is 11.9 Å². The fourth-order valence-corrected chi connectivity index (χ4v) is 0.804. The zero-order valence-electron chi connectivity index (χ0n) is 7.05. The Morgan fingerprint density at radius 1 is 1.50 bits per heavy atom. The summed E-state index contributed by atoms with van der Waals surface area (Å²) in [6.07, 6.45) is 1.32. The van der Waals surface area contributed by atoms with Crippen molar-refractivity contribution >= 4 is 11.9 Å². The number of carbonyl (C=O) groups excluding carboxylic acids is 1. The number of nitrogens with zero attached hydrogens (tertiary/aromatic N) is 2. The molecule has 0 spiro atoms. The van der Waals surface area contributed by atoms with E-state index in [1.54, 1.807) is 6.07 Å². The van der Waals surface area contributed by atoms with Crippen LogP contribution in [0.1, 0.15) is 10.5 Å². The largest absolute Gasteiger partial charge is 0.480 e. The van der Waals surface area contributed by atoms with Gasteiger partial charge in [0.25, 0.3) is 0 Å². The van der Waals surface area contributed by atoms with Gasteiger partial charge < -0.3 is 5.11 Å². The lowest BCUT2D eigenvalue weighted by Gasteiger charge is -2.07. The van der Waals surface area contributed by atoms with E-state index < -0.39 is 23.5 Å². The highest BCUT2D eigenvalue weighted by molar-refractivity contribution is 5.93. The van der Waals surface area contributed by atoms with E-state index in [2.05, 4.69) is 4.98 Å². The topological polar surface area (TPSA) is 70.5 Å². The second-order valence-electron chi connectivity index (χ2n) is 2.43. The molecule has 1 heterocycles. The highest BCUT2D eigenvalue weighted by atomic mass is 19.2. The Kier molecular flexibility index (Phi) is 3.11. The van der Waals surface area contributed by atoms with Gasteiger partial charge in [-0.3, -0.25) is 14.6 Å². The number of amides is 1. The Labute approximate surface area is 78.7 Å². The third-order valence-corrected chi connectivity index (χ3v) is 1.38. The summed E-state index contributed by atoms with van der Waals surface area (Å²) in [5, 5.41) is 7.83. The van der Waals surface area contributed by atoms with Gasteiger partial charge in [-0.15, -0.1) is 0 Å². The summed E-state index contributed by atoms with van der Waals surface area (Å²) in [6, 6.07) is 4.38. The van der Waals surface area contributed by atoms with Crippen molar-refractivity contribution in [1.29, 1.82) is 0 Å². The molecular weight excluding hydrogens is 191 g/mol. The van der Waals surface area contributed by atoms with E-state index in [-0.39, 0.29) is 5.69 Å². The molecule has 74 valence electrons. The van der Waals surface area contributed by atoms with Gasteiger partial charge in [0.1, 0.15) is 5.69 Å². The van der Waals surface area contributed by atoms with Crippen LogP contribution in [0.4, 0.5) is 4.48 Å². The second-order valence-corrected chi connectivity index (χ2v) is 2.43. The molecule has 14 heavy (non-hydrogen) atoms. The second kappa shape index (κ2) is 4.31. The van der Waals surface area contributed by atoms with Crippen molar-refractivity contribution in [1.82, 2.24) is 10.1 Å². The van der Waals surface area contributed by atoms with E-state index in [0.29, 0.717) is 0 Å². The number of aliphatic carboxylic acids is 1. The molecule has 1 aromatic rings. The average Bonchev–Trinajstić information content (AvgIpc) is 2.17. The third-order valence-electron chi connectivity index (χ3n) is 1.38. The van der Waals surface area contributed by atoms with Crippen LogP contribution in [0.2, 0.25) is 0 Å². The molecule has 0 aromatic carbocycles. The van der Waals surface area contributed by atoms with Gasteiger partial charge in [0.15, 0.2) is 6.54 Å². The van der Waals surface area contributed by atoms with Crippen molar-refractivity contribution in [2.24, 2.45) is 0 Å². The molecule has 0 bridgehead atoms. The smallest absolute Gasteiger partial charge is 0.326 e. The van der Waals surface area contributed by atoms with E-state index in [1.807, 2.05) is 0 Å². The van der Waals surface area contributed by atoms with E-state index in [0.717, 1.165) is 0 Å². The summed E-state index contributed by atoms with van der Waals surface area (Å²) in [5.74, 6) is -2.48. The molecular formula is C8H7FN2O3. The zero-order valence-corrected chi connectivity index (χ0v) is 7.05. The van der Waals surface area contributed by atoms with Crippen molar-refractivity contribution in [3.8, 4) is 0 Å². The Morgan fingerprint density at radius 2 is 2.21 bits per heavy atom. The molecule has 1 N–H and O–H groups in total. The predicted molar refractivity (Wildman–Crippen MR) is 44.0 cm³/mol. The Hall–Kier alpha value is -1.98. The van der Waals surface area contributed by atoms with Crippen LogP contribution in [-0.2, 0) is 4.79 Å². The standard InChI is InChI=1S/C8H7FN2O3/c9-11(5-7(12)13)8(14)6-3-1-2-4-10-6/h1-4H,5H2,(H,12,13). The van der Waals surface area contributed by atoms with Crippen molar-refractivity contribution in [2.75, 3.05) is 6.54 Å². The molecule has 0 unspecified atom stereocenters. The first-order valence-electron chi connectivity index (χ1n) is 3.71. The minimum atomic E-state index is -1.42. The van der Waals surface area contributed by atoms with Crippen LogP contribution in [0.5, 0.6) is 0 Å². The number of carboxylic acid groups (broad SMARTS) is 1. The summed E-state index contributed by atoms with van der Waals surface area (Å²) in [4.78, 5) is 24.8. The molecule has 1 amide bonds. The molecule has 0 saturated carbocycles. The summed E-state index contributed by atoms with van der Waals surface area (Å²) in [6.45, 7) is -0.991. The summed E-state index contributed by atoms with van der Waals surface area (Å²) in [7, 11) is 0. The number of halogens is 1. The third kappa shape index (κ3) is 2.51. The van der Waals surface area contributed by atoms with E-state index in [4.69, 9.17) is 5.11 Å². The van der Waals surface area contributed by atoms with Crippen LogP contribution in [0.25, 0.3) is 0 Å². The molecule has 5 nitrogen and oxygen atoms in total. The van der Waals surface area contributed by atoms with Gasteiger partial charge in [-0.2, -0.15) is 5.12 Å². The van der Waals surface area contributed by atoms with Crippen LogP contribution >= 0.6 is 0 Å². The molecule has 0 saturated heterocycles. The lowest BCUT2D eigenvalue weighted by molar-refractivity contribution is -0.140. The molecule has 0 aliphatic rings. The van der Waals surface area contributed by atoms with Gasteiger partial charge in [-0.05, 0) is 12.1 Å². The maximum atomic E-state index is 12.8. The molecule has 0 fully saturated rings. The van der Waals surface area contributed by atoms with Crippen molar-refractivity contribution in [2.45, 2.75) is 0 Å². The lowest BCUT2D eigenvalue weighted by Crippen LogP contribution is -2.29. The first-order chi connectivity index (χ1) is 6.61. The van der Waals surface area contributed by atoms with Crippen molar-refractivity contribution in [3.63, 3.8) is 0 Å². The first-order valence-corrected chi connectivity index (χ1v) is 3.71. The van der Waals surface area contributed by atoms with Crippen molar-refractivity contribution in [3.05, 3.63) is 30.1 Å². The molecule has 0 atom stereocenters. The van der Waals surface area contributed by atoms with Gasteiger partial charge in [0.2, 0.25) is 0 Å². The number of carboxylic acids is 1. The number of carbonyl (C=O) groups is 2. The molecule has 1 rings (SSSR count). The van der Waals surface area contributed by atoms with Crippen LogP contribution < -0.4 is 0 Å². The fourth-order valence-electron chi connectivity index (χ4n) is 0.804. The maximum absolute atomic E-state index is 12.8.